The largest absolute Gasteiger partial charge is 0.471 e. The number of aryl methyl sites for hydroxylation is 1. The first-order chi connectivity index (χ1) is 14.8. The van der Waals surface area contributed by atoms with Crippen molar-refractivity contribution in [3.63, 3.8) is 0 Å². The maximum absolute atomic E-state index is 12.6. The van der Waals surface area contributed by atoms with E-state index >= 15 is 0 Å². The lowest BCUT2D eigenvalue weighted by Crippen LogP contribution is -2.13. The zero-order valence-corrected chi connectivity index (χ0v) is 16.7. The van der Waals surface area contributed by atoms with Crippen LogP contribution in [0.3, 0.4) is 0 Å². The van der Waals surface area contributed by atoms with Crippen LogP contribution in [-0.2, 0) is 6.18 Å². The number of anilines is 3. The molecule has 0 aliphatic rings. The number of hydrogen-bond donors (Lipinski definition) is 2. The van der Waals surface area contributed by atoms with E-state index in [1.165, 1.54) is 35.6 Å². The van der Waals surface area contributed by atoms with Crippen molar-refractivity contribution >= 4 is 33.8 Å². The van der Waals surface area contributed by atoms with Crippen molar-refractivity contribution in [2.75, 3.05) is 10.6 Å². The van der Waals surface area contributed by atoms with Gasteiger partial charge in [0.15, 0.2) is 5.13 Å². The van der Waals surface area contributed by atoms with Gasteiger partial charge >= 0.3 is 12.1 Å². The van der Waals surface area contributed by atoms with Crippen molar-refractivity contribution in [1.82, 2.24) is 15.1 Å². The molecule has 2 aromatic carbocycles. The third-order valence-electron chi connectivity index (χ3n) is 4.11. The first-order valence-electron chi connectivity index (χ1n) is 8.92. The Morgan fingerprint density at radius 1 is 1.00 bits per heavy atom. The molecular weight excluding hydrogens is 431 g/mol. The third kappa shape index (κ3) is 4.72. The standard InChI is InChI=1S/C20H14F3N5O2S/c1-11-15(26-19(31-11)25-13-5-3-2-4-6-13)17(29)24-14-9-7-12(8-10-14)16-27-18(30-28-16)20(21,22)23/h2-10H,1H3,(H,24,29)(H,25,26). The van der Waals surface area contributed by atoms with E-state index in [2.05, 4.69) is 30.3 Å². The fourth-order valence-electron chi connectivity index (χ4n) is 2.65. The molecule has 158 valence electrons. The Hall–Kier alpha value is -3.73. The first kappa shape index (κ1) is 20.5. The quantitative estimate of drug-likeness (QED) is 0.420. The molecule has 7 nitrogen and oxygen atoms in total. The molecule has 2 aromatic heterocycles. The number of carbonyl (C=O) groups is 1. The summed E-state index contributed by atoms with van der Waals surface area (Å²) in [5, 5.41) is 9.78. The number of thiazole rings is 1. The average Bonchev–Trinajstić information content (AvgIpc) is 3.36. The summed E-state index contributed by atoms with van der Waals surface area (Å²) < 4.78 is 42.0. The Morgan fingerprint density at radius 3 is 2.35 bits per heavy atom. The van der Waals surface area contributed by atoms with E-state index in [1.807, 2.05) is 30.3 Å². The molecular formula is C20H14F3N5O2S. The Morgan fingerprint density at radius 2 is 1.71 bits per heavy atom. The van der Waals surface area contributed by atoms with Crippen LogP contribution < -0.4 is 10.6 Å². The van der Waals surface area contributed by atoms with Crippen LogP contribution in [0.2, 0.25) is 0 Å². The number of nitrogens with zero attached hydrogens (tertiary/aromatic N) is 3. The summed E-state index contributed by atoms with van der Waals surface area (Å²) in [6.45, 7) is 1.79. The SMILES string of the molecule is Cc1sc(Nc2ccccc2)nc1C(=O)Nc1ccc(-c2noc(C(F)(F)F)n2)cc1. The van der Waals surface area contributed by atoms with Gasteiger partial charge in [0, 0.05) is 21.8 Å². The number of alkyl halides is 3. The van der Waals surface area contributed by atoms with E-state index in [-0.39, 0.29) is 11.5 Å². The van der Waals surface area contributed by atoms with Crippen LogP contribution in [0.15, 0.2) is 59.1 Å². The van der Waals surface area contributed by atoms with Crippen LogP contribution in [-0.4, -0.2) is 21.0 Å². The fourth-order valence-corrected chi connectivity index (χ4v) is 3.49. The van der Waals surface area contributed by atoms with Gasteiger partial charge in [-0.1, -0.05) is 23.4 Å². The van der Waals surface area contributed by atoms with Gasteiger partial charge in [-0.05, 0) is 43.3 Å². The van der Waals surface area contributed by atoms with E-state index < -0.39 is 18.0 Å². The Labute approximate surface area is 178 Å². The zero-order chi connectivity index (χ0) is 22.0. The van der Waals surface area contributed by atoms with Gasteiger partial charge in [-0.15, -0.1) is 11.3 Å². The molecule has 0 bridgehead atoms. The van der Waals surface area contributed by atoms with Gasteiger partial charge in [0.2, 0.25) is 5.82 Å². The second kappa shape index (κ2) is 8.19. The fraction of sp³-hybridized carbons (Fsp3) is 0.100. The highest BCUT2D eigenvalue weighted by atomic mass is 32.1. The number of halogens is 3. The summed E-state index contributed by atoms with van der Waals surface area (Å²) in [7, 11) is 0. The number of aromatic nitrogens is 3. The molecule has 31 heavy (non-hydrogen) atoms. The van der Waals surface area contributed by atoms with Crippen molar-refractivity contribution in [1.29, 1.82) is 0 Å². The number of benzene rings is 2. The van der Waals surface area contributed by atoms with Gasteiger partial charge in [0.05, 0.1) is 0 Å². The van der Waals surface area contributed by atoms with Crippen LogP contribution in [0.25, 0.3) is 11.4 Å². The minimum atomic E-state index is -4.71. The number of nitrogens with one attached hydrogen (secondary N) is 2. The minimum absolute atomic E-state index is 0.197. The summed E-state index contributed by atoms with van der Waals surface area (Å²) in [4.78, 5) is 21.0. The van der Waals surface area contributed by atoms with Crippen LogP contribution >= 0.6 is 11.3 Å². The van der Waals surface area contributed by atoms with Gasteiger partial charge in [-0.2, -0.15) is 18.2 Å². The van der Waals surface area contributed by atoms with Crippen molar-refractivity contribution in [2.24, 2.45) is 0 Å². The summed E-state index contributed by atoms with van der Waals surface area (Å²) >= 11 is 1.35. The predicted molar refractivity (Wildman–Crippen MR) is 109 cm³/mol. The zero-order valence-electron chi connectivity index (χ0n) is 15.9. The highest BCUT2D eigenvalue weighted by Gasteiger charge is 2.38. The molecule has 4 aromatic rings. The van der Waals surface area contributed by atoms with Crippen LogP contribution in [0.1, 0.15) is 21.3 Å². The molecule has 0 saturated heterocycles. The van der Waals surface area contributed by atoms with Gasteiger partial charge in [-0.3, -0.25) is 4.79 Å². The minimum Gasteiger partial charge on any atom is -0.332 e. The maximum atomic E-state index is 12.6. The topological polar surface area (TPSA) is 92.9 Å². The van der Waals surface area contributed by atoms with Gasteiger partial charge in [0.1, 0.15) is 5.69 Å². The molecule has 1 amide bonds. The van der Waals surface area contributed by atoms with Crippen LogP contribution in [0, 0.1) is 6.92 Å². The molecule has 2 heterocycles. The number of para-hydroxylation sites is 1. The molecule has 0 spiro atoms. The first-order valence-corrected chi connectivity index (χ1v) is 9.73. The molecule has 0 atom stereocenters. The molecule has 0 fully saturated rings. The van der Waals surface area contributed by atoms with E-state index in [0.29, 0.717) is 16.4 Å². The highest BCUT2D eigenvalue weighted by Crippen LogP contribution is 2.30. The monoisotopic (exact) mass is 445 g/mol. The Bertz CT molecular complexity index is 1200. The molecule has 4 rings (SSSR count). The molecule has 0 unspecified atom stereocenters. The Kier molecular flexibility index (Phi) is 5.42. The van der Waals surface area contributed by atoms with E-state index in [4.69, 9.17) is 0 Å². The van der Waals surface area contributed by atoms with Crippen molar-refractivity contribution in [3.05, 3.63) is 71.1 Å². The van der Waals surface area contributed by atoms with Crippen LogP contribution in [0.4, 0.5) is 29.7 Å². The second-order valence-electron chi connectivity index (χ2n) is 6.37. The van der Waals surface area contributed by atoms with Gasteiger partial charge < -0.3 is 15.2 Å². The van der Waals surface area contributed by atoms with Crippen molar-refractivity contribution in [3.8, 4) is 11.4 Å². The maximum Gasteiger partial charge on any atom is 0.471 e. The van der Waals surface area contributed by atoms with E-state index in [1.54, 1.807) is 6.92 Å². The smallest absolute Gasteiger partial charge is 0.332 e. The van der Waals surface area contributed by atoms with Gasteiger partial charge in [-0.25, -0.2) is 4.98 Å². The van der Waals surface area contributed by atoms with Crippen molar-refractivity contribution in [2.45, 2.75) is 13.1 Å². The summed E-state index contributed by atoms with van der Waals surface area (Å²) in [5.41, 5.74) is 1.89. The molecule has 0 radical (unpaired) electrons. The lowest BCUT2D eigenvalue weighted by molar-refractivity contribution is -0.159. The molecule has 2 N–H and O–H groups in total. The molecule has 0 aliphatic carbocycles. The number of carbonyl (C=O) groups excluding carboxylic acids is 1. The summed E-state index contributed by atoms with van der Waals surface area (Å²) in [5.74, 6) is -2.02. The molecule has 0 saturated carbocycles. The van der Waals surface area contributed by atoms with Crippen molar-refractivity contribution < 1.29 is 22.5 Å². The third-order valence-corrected chi connectivity index (χ3v) is 4.99. The normalized spacial score (nSPS) is 11.4. The number of rotatable bonds is 5. The molecule has 0 aliphatic heterocycles. The number of hydrogen-bond acceptors (Lipinski definition) is 7. The second-order valence-corrected chi connectivity index (χ2v) is 7.57. The highest BCUT2D eigenvalue weighted by molar-refractivity contribution is 7.15. The average molecular weight is 445 g/mol. The summed E-state index contributed by atoms with van der Waals surface area (Å²) in [6, 6.07) is 15.5. The van der Waals surface area contributed by atoms with Gasteiger partial charge in [0.25, 0.3) is 5.91 Å². The van der Waals surface area contributed by atoms with E-state index in [9.17, 15) is 18.0 Å². The molecule has 11 heteroatoms. The summed E-state index contributed by atoms with van der Waals surface area (Å²) in [6.07, 6.45) is -4.71. The van der Waals surface area contributed by atoms with Crippen LogP contribution in [0.5, 0.6) is 0 Å². The number of amides is 1. The lowest BCUT2D eigenvalue weighted by Gasteiger charge is -2.04. The Balaban J connectivity index is 1.45. The lowest BCUT2D eigenvalue weighted by atomic mass is 10.2. The van der Waals surface area contributed by atoms with E-state index in [0.717, 1.165) is 10.6 Å². The predicted octanol–water partition coefficient (Wildman–Crippen LogP) is 5.52.